The van der Waals surface area contributed by atoms with Crippen molar-refractivity contribution >= 4 is 12.0 Å². The standard InChI is InChI=1S/C12H20N4O3/c1-4-10(11(17)18)15(3)12(19)14-9(2)8-16-7-5-6-13-16/h5-7,9-10H,4,8H2,1-3H3,(H,14,19)(H,17,18). The van der Waals surface area contributed by atoms with Gasteiger partial charge in [-0.1, -0.05) is 6.92 Å². The van der Waals surface area contributed by atoms with E-state index in [0.29, 0.717) is 13.0 Å². The van der Waals surface area contributed by atoms with Crippen LogP contribution in [0.25, 0.3) is 0 Å². The second kappa shape index (κ2) is 6.77. The molecule has 7 nitrogen and oxygen atoms in total. The number of carbonyl (C=O) groups is 2. The third-order valence-corrected chi connectivity index (χ3v) is 2.85. The Labute approximate surface area is 112 Å². The van der Waals surface area contributed by atoms with Gasteiger partial charge >= 0.3 is 12.0 Å². The lowest BCUT2D eigenvalue weighted by Gasteiger charge is -2.26. The van der Waals surface area contributed by atoms with Crippen LogP contribution in [-0.4, -0.2) is 50.9 Å². The van der Waals surface area contributed by atoms with Gasteiger partial charge in [0.25, 0.3) is 0 Å². The first-order chi connectivity index (χ1) is 8.95. The van der Waals surface area contributed by atoms with Crippen molar-refractivity contribution in [1.82, 2.24) is 20.0 Å². The number of hydrogen-bond donors (Lipinski definition) is 2. The minimum atomic E-state index is -1.00. The molecule has 2 amide bonds. The van der Waals surface area contributed by atoms with Gasteiger partial charge in [0.2, 0.25) is 0 Å². The topological polar surface area (TPSA) is 87.5 Å². The molecule has 1 rings (SSSR count). The number of amides is 2. The molecule has 2 atom stereocenters. The van der Waals surface area contributed by atoms with E-state index < -0.39 is 18.0 Å². The third kappa shape index (κ3) is 4.27. The SMILES string of the molecule is CCC(C(=O)O)N(C)C(=O)NC(C)Cn1cccn1. The zero-order valence-electron chi connectivity index (χ0n) is 11.4. The summed E-state index contributed by atoms with van der Waals surface area (Å²) in [4.78, 5) is 24.1. The average molecular weight is 268 g/mol. The van der Waals surface area contributed by atoms with Gasteiger partial charge in [-0.2, -0.15) is 5.10 Å². The Balaban J connectivity index is 2.51. The van der Waals surface area contributed by atoms with Gasteiger partial charge in [-0.05, 0) is 19.4 Å². The van der Waals surface area contributed by atoms with Gasteiger partial charge in [0.15, 0.2) is 0 Å². The predicted molar refractivity (Wildman–Crippen MR) is 69.7 cm³/mol. The van der Waals surface area contributed by atoms with Gasteiger partial charge in [0, 0.05) is 25.5 Å². The van der Waals surface area contributed by atoms with Crippen LogP contribution in [0.5, 0.6) is 0 Å². The lowest BCUT2D eigenvalue weighted by molar-refractivity contribution is -0.141. The van der Waals surface area contributed by atoms with E-state index in [-0.39, 0.29) is 6.04 Å². The summed E-state index contributed by atoms with van der Waals surface area (Å²) in [6.07, 6.45) is 3.84. The number of aliphatic carboxylic acids is 1. The van der Waals surface area contributed by atoms with E-state index in [4.69, 9.17) is 5.11 Å². The molecule has 19 heavy (non-hydrogen) atoms. The van der Waals surface area contributed by atoms with E-state index in [2.05, 4.69) is 10.4 Å². The first-order valence-corrected chi connectivity index (χ1v) is 6.19. The van der Waals surface area contributed by atoms with Crippen molar-refractivity contribution in [2.75, 3.05) is 7.05 Å². The summed E-state index contributed by atoms with van der Waals surface area (Å²) in [5.74, 6) is -1.00. The van der Waals surface area contributed by atoms with Crippen molar-refractivity contribution in [1.29, 1.82) is 0 Å². The maximum Gasteiger partial charge on any atom is 0.326 e. The van der Waals surface area contributed by atoms with E-state index in [1.165, 1.54) is 11.9 Å². The molecule has 0 radical (unpaired) electrons. The van der Waals surface area contributed by atoms with Gasteiger partial charge in [-0.25, -0.2) is 9.59 Å². The Kier molecular flexibility index (Phi) is 5.35. The normalized spacial score (nSPS) is 13.6. The van der Waals surface area contributed by atoms with E-state index >= 15 is 0 Å². The number of carbonyl (C=O) groups excluding carboxylic acids is 1. The summed E-state index contributed by atoms with van der Waals surface area (Å²) in [5.41, 5.74) is 0. The van der Waals surface area contributed by atoms with Crippen LogP contribution in [0.3, 0.4) is 0 Å². The zero-order valence-corrected chi connectivity index (χ0v) is 11.4. The van der Waals surface area contributed by atoms with Crippen molar-refractivity contribution in [2.45, 2.75) is 38.9 Å². The Morgan fingerprint density at radius 1 is 1.53 bits per heavy atom. The summed E-state index contributed by atoms with van der Waals surface area (Å²) in [7, 11) is 1.48. The second-order valence-corrected chi connectivity index (χ2v) is 4.45. The van der Waals surface area contributed by atoms with Gasteiger partial charge in [0.1, 0.15) is 6.04 Å². The molecular weight excluding hydrogens is 248 g/mol. The lowest BCUT2D eigenvalue weighted by atomic mass is 10.2. The molecule has 0 fully saturated rings. The van der Waals surface area contributed by atoms with E-state index in [9.17, 15) is 9.59 Å². The Morgan fingerprint density at radius 3 is 2.68 bits per heavy atom. The lowest BCUT2D eigenvalue weighted by Crippen LogP contribution is -2.49. The van der Waals surface area contributed by atoms with Crippen LogP contribution >= 0.6 is 0 Å². The number of carboxylic acid groups (broad SMARTS) is 1. The van der Waals surface area contributed by atoms with Crippen LogP contribution in [0.15, 0.2) is 18.5 Å². The smallest absolute Gasteiger partial charge is 0.326 e. The number of urea groups is 1. The molecule has 2 N–H and O–H groups in total. The number of aromatic nitrogens is 2. The van der Waals surface area contributed by atoms with Crippen molar-refractivity contribution in [3.8, 4) is 0 Å². The number of nitrogens with one attached hydrogen (secondary N) is 1. The highest BCUT2D eigenvalue weighted by molar-refractivity contribution is 5.82. The average Bonchev–Trinajstić information content (AvgIpc) is 2.81. The number of nitrogens with zero attached hydrogens (tertiary/aromatic N) is 3. The fourth-order valence-corrected chi connectivity index (χ4v) is 1.80. The monoisotopic (exact) mass is 268 g/mol. The molecule has 0 aliphatic heterocycles. The third-order valence-electron chi connectivity index (χ3n) is 2.85. The molecule has 0 aliphatic carbocycles. The van der Waals surface area contributed by atoms with Crippen molar-refractivity contribution in [2.24, 2.45) is 0 Å². The Hall–Kier alpha value is -2.05. The van der Waals surface area contributed by atoms with E-state index in [1.54, 1.807) is 30.1 Å². The zero-order chi connectivity index (χ0) is 14.4. The fourth-order valence-electron chi connectivity index (χ4n) is 1.80. The van der Waals surface area contributed by atoms with Crippen LogP contribution in [0.1, 0.15) is 20.3 Å². The molecule has 1 heterocycles. The molecule has 106 valence electrons. The Bertz CT molecular complexity index is 419. The molecule has 0 spiro atoms. The van der Waals surface area contributed by atoms with Crippen LogP contribution in [0, 0.1) is 0 Å². The predicted octanol–water partition coefficient (Wildman–Crippen LogP) is 0.776. The molecular formula is C12H20N4O3. The summed E-state index contributed by atoms with van der Waals surface area (Å²) in [5, 5.41) is 15.8. The summed E-state index contributed by atoms with van der Waals surface area (Å²) < 4.78 is 1.71. The van der Waals surface area contributed by atoms with E-state index in [1.807, 2.05) is 6.92 Å². The number of carboxylic acids is 1. The van der Waals surface area contributed by atoms with Crippen LogP contribution < -0.4 is 5.32 Å². The maximum absolute atomic E-state index is 11.9. The molecule has 0 saturated heterocycles. The molecule has 0 aromatic carbocycles. The molecule has 7 heteroatoms. The first-order valence-electron chi connectivity index (χ1n) is 6.19. The maximum atomic E-state index is 11.9. The van der Waals surface area contributed by atoms with Crippen molar-refractivity contribution < 1.29 is 14.7 Å². The minimum Gasteiger partial charge on any atom is -0.480 e. The molecule has 0 bridgehead atoms. The second-order valence-electron chi connectivity index (χ2n) is 4.45. The molecule has 2 unspecified atom stereocenters. The molecule has 0 saturated carbocycles. The van der Waals surface area contributed by atoms with Gasteiger partial charge in [-0.3, -0.25) is 4.68 Å². The van der Waals surface area contributed by atoms with Gasteiger partial charge in [-0.15, -0.1) is 0 Å². The number of rotatable bonds is 6. The highest BCUT2D eigenvalue weighted by Gasteiger charge is 2.25. The van der Waals surface area contributed by atoms with Crippen LogP contribution in [-0.2, 0) is 11.3 Å². The fraction of sp³-hybridized carbons (Fsp3) is 0.583. The summed E-state index contributed by atoms with van der Waals surface area (Å²) in [6.45, 7) is 4.11. The molecule has 1 aromatic heterocycles. The summed E-state index contributed by atoms with van der Waals surface area (Å²) in [6, 6.07) is 0.463. The van der Waals surface area contributed by atoms with Gasteiger partial charge < -0.3 is 15.3 Å². The van der Waals surface area contributed by atoms with Crippen LogP contribution in [0.2, 0.25) is 0 Å². The van der Waals surface area contributed by atoms with Crippen LogP contribution in [0.4, 0.5) is 4.79 Å². The van der Waals surface area contributed by atoms with Crippen molar-refractivity contribution in [3.05, 3.63) is 18.5 Å². The number of likely N-dealkylation sites (N-methyl/N-ethyl adjacent to an activating group) is 1. The molecule has 0 aliphatic rings. The minimum absolute atomic E-state index is 0.138. The quantitative estimate of drug-likeness (QED) is 0.798. The largest absolute Gasteiger partial charge is 0.480 e. The van der Waals surface area contributed by atoms with Gasteiger partial charge in [0.05, 0.1) is 6.54 Å². The highest BCUT2D eigenvalue weighted by atomic mass is 16.4. The van der Waals surface area contributed by atoms with E-state index in [0.717, 1.165) is 0 Å². The Morgan fingerprint density at radius 2 is 2.21 bits per heavy atom. The highest BCUT2D eigenvalue weighted by Crippen LogP contribution is 2.03. The van der Waals surface area contributed by atoms with Crippen molar-refractivity contribution in [3.63, 3.8) is 0 Å². The first kappa shape index (κ1) is 15.0. The summed E-state index contributed by atoms with van der Waals surface area (Å²) >= 11 is 0. The molecule has 1 aromatic rings. The number of hydrogen-bond acceptors (Lipinski definition) is 3.